The van der Waals surface area contributed by atoms with Crippen LogP contribution in [0.1, 0.15) is 84.7 Å². The van der Waals surface area contributed by atoms with Crippen LogP contribution in [0.15, 0.2) is 66.9 Å². The van der Waals surface area contributed by atoms with Crippen molar-refractivity contribution in [1.82, 2.24) is 10.3 Å². The lowest BCUT2D eigenvalue weighted by molar-refractivity contribution is 0.0949. The minimum absolute atomic E-state index is 0.271. The van der Waals surface area contributed by atoms with Gasteiger partial charge in [-0.15, -0.1) is 0 Å². The Hall–Kier alpha value is -3.87. The van der Waals surface area contributed by atoms with Crippen LogP contribution in [0, 0.1) is 0 Å². The molecule has 0 saturated carbocycles. The number of ether oxygens (including phenoxy) is 2. The Morgan fingerprint density at radius 3 is 2.21 bits per heavy atom. The van der Waals surface area contributed by atoms with Gasteiger partial charge >= 0.3 is 0 Å². The summed E-state index contributed by atoms with van der Waals surface area (Å²) in [6.45, 7) is 3.22. The standard InChI is InChI=1S/C31H39N3O4/c1-3-4-5-6-7-8-9-12-21-38-27-17-14-24(15-18-27)31(36)34-28-22-25(16-19-29(28)37-2)30(35)33-23-26-13-10-11-20-32-26/h10-11,13-20,22H,3-9,12,21,23H2,1-2H3,(H,33,35)(H,34,36). The molecule has 0 spiro atoms. The highest BCUT2D eigenvalue weighted by Gasteiger charge is 2.14. The Labute approximate surface area is 226 Å². The highest BCUT2D eigenvalue weighted by Crippen LogP contribution is 2.26. The molecule has 1 heterocycles. The van der Waals surface area contributed by atoms with Gasteiger partial charge in [-0.25, -0.2) is 0 Å². The van der Waals surface area contributed by atoms with Gasteiger partial charge in [0.05, 0.1) is 31.6 Å². The third-order valence-electron chi connectivity index (χ3n) is 6.25. The molecule has 1 aromatic heterocycles. The van der Waals surface area contributed by atoms with Crippen LogP contribution in [-0.4, -0.2) is 30.5 Å². The van der Waals surface area contributed by atoms with Crippen molar-refractivity contribution in [2.45, 2.75) is 64.8 Å². The lowest BCUT2D eigenvalue weighted by atomic mass is 10.1. The number of rotatable bonds is 16. The average molecular weight is 518 g/mol. The van der Waals surface area contributed by atoms with Gasteiger partial charge in [0, 0.05) is 17.3 Å². The second kappa shape index (κ2) is 16.1. The maximum atomic E-state index is 12.9. The fourth-order valence-electron chi connectivity index (χ4n) is 4.05. The molecule has 0 atom stereocenters. The fraction of sp³-hybridized carbons (Fsp3) is 0.387. The average Bonchev–Trinajstić information content (AvgIpc) is 2.95. The van der Waals surface area contributed by atoms with E-state index in [-0.39, 0.29) is 11.8 Å². The van der Waals surface area contributed by atoms with Crippen LogP contribution in [0.4, 0.5) is 5.69 Å². The smallest absolute Gasteiger partial charge is 0.255 e. The van der Waals surface area contributed by atoms with Gasteiger partial charge in [0.2, 0.25) is 0 Å². The lowest BCUT2D eigenvalue weighted by Crippen LogP contribution is -2.23. The number of unbranched alkanes of at least 4 members (excludes halogenated alkanes) is 7. The van der Waals surface area contributed by atoms with Crippen molar-refractivity contribution in [3.63, 3.8) is 0 Å². The van der Waals surface area contributed by atoms with Crippen LogP contribution in [0.25, 0.3) is 0 Å². The monoisotopic (exact) mass is 517 g/mol. The first-order chi connectivity index (χ1) is 18.6. The van der Waals surface area contributed by atoms with Gasteiger partial charge in [-0.05, 0) is 61.0 Å². The number of anilines is 1. The molecule has 0 aliphatic rings. The van der Waals surface area contributed by atoms with Crippen LogP contribution >= 0.6 is 0 Å². The van der Waals surface area contributed by atoms with Gasteiger partial charge in [-0.3, -0.25) is 14.6 Å². The summed E-state index contributed by atoms with van der Waals surface area (Å²) in [5, 5.41) is 5.69. The van der Waals surface area contributed by atoms with E-state index in [1.165, 1.54) is 52.1 Å². The van der Waals surface area contributed by atoms with Gasteiger partial charge in [0.1, 0.15) is 11.5 Å². The lowest BCUT2D eigenvalue weighted by Gasteiger charge is -2.13. The van der Waals surface area contributed by atoms with E-state index in [4.69, 9.17) is 9.47 Å². The van der Waals surface area contributed by atoms with Gasteiger partial charge in [0.25, 0.3) is 11.8 Å². The van der Waals surface area contributed by atoms with E-state index in [1.807, 2.05) is 18.2 Å². The SMILES string of the molecule is CCCCCCCCCCOc1ccc(C(=O)Nc2cc(C(=O)NCc3ccccn3)ccc2OC)cc1. The molecule has 0 aliphatic carbocycles. The summed E-state index contributed by atoms with van der Waals surface area (Å²) < 4.78 is 11.2. The molecule has 2 amide bonds. The topological polar surface area (TPSA) is 89.5 Å². The first-order valence-electron chi connectivity index (χ1n) is 13.5. The molecule has 3 rings (SSSR count). The highest BCUT2D eigenvalue weighted by molar-refractivity contribution is 6.06. The van der Waals surface area contributed by atoms with Crippen LogP contribution in [0.5, 0.6) is 11.5 Å². The Morgan fingerprint density at radius 2 is 1.53 bits per heavy atom. The number of nitrogens with zero attached hydrogens (tertiary/aromatic N) is 1. The number of carbonyl (C=O) groups excluding carboxylic acids is 2. The van der Waals surface area contributed by atoms with Crippen molar-refractivity contribution in [1.29, 1.82) is 0 Å². The number of aromatic nitrogens is 1. The van der Waals surface area contributed by atoms with E-state index in [9.17, 15) is 9.59 Å². The molecular weight excluding hydrogens is 478 g/mol. The van der Waals surface area contributed by atoms with Gasteiger partial charge in [-0.1, -0.05) is 57.9 Å². The van der Waals surface area contributed by atoms with Gasteiger partial charge in [0.15, 0.2) is 0 Å². The summed E-state index contributed by atoms with van der Waals surface area (Å²) in [7, 11) is 1.52. The Bertz CT molecular complexity index is 1130. The molecule has 0 bridgehead atoms. The van der Waals surface area contributed by atoms with E-state index in [2.05, 4.69) is 22.5 Å². The summed E-state index contributed by atoms with van der Waals surface area (Å²) >= 11 is 0. The molecule has 0 unspecified atom stereocenters. The fourth-order valence-corrected chi connectivity index (χ4v) is 4.05. The molecule has 7 nitrogen and oxygen atoms in total. The van der Waals surface area contributed by atoms with Crippen LogP contribution < -0.4 is 20.1 Å². The van der Waals surface area contributed by atoms with E-state index in [0.717, 1.165) is 17.9 Å². The summed E-state index contributed by atoms with van der Waals surface area (Å²) in [5.41, 5.74) is 2.06. The molecule has 3 aromatic rings. The molecular formula is C31H39N3O4. The zero-order valence-corrected chi connectivity index (χ0v) is 22.5. The van der Waals surface area contributed by atoms with Crippen LogP contribution in [0.3, 0.4) is 0 Å². The van der Waals surface area contributed by atoms with Gasteiger partial charge < -0.3 is 20.1 Å². The predicted octanol–water partition coefficient (Wildman–Crippen LogP) is 6.79. The minimum atomic E-state index is -0.302. The van der Waals surface area contributed by atoms with Crippen molar-refractivity contribution >= 4 is 17.5 Å². The van der Waals surface area contributed by atoms with Gasteiger partial charge in [-0.2, -0.15) is 0 Å². The number of amides is 2. The van der Waals surface area contributed by atoms with Crippen molar-refractivity contribution in [3.05, 3.63) is 83.7 Å². The van der Waals surface area contributed by atoms with Crippen molar-refractivity contribution < 1.29 is 19.1 Å². The quantitative estimate of drug-likeness (QED) is 0.204. The Kier molecular flexibility index (Phi) is 12.1. The Balaban J connectivity index is 1.48. The molecule has 0 saturated heterocycles. The third-order valence-corrected chi connectivity index (χ3v) is 6.25. The molecule has 0 aliphatic heterocycles. The predicted molar refractivity (Wildman–Crippen MR) is 151 cm³/mol. The molecule has 2 N–H and O–H groups in total. The summed E-state index contributed by atoms with van der Waals surface area (Å²) in [5.74, 6) is 0.634. The third kappa shape index (κ3) is 9.54. The Morgan fingerprint density at radius 1 is 0.816 bits per heavy atom. The molecule has 0 fully saturated rings. The van der Waals surface area contributed by atoms with Crippen molar-refractivity contribution in [3.8, 4) is 11.5 Å². The second-order valence-electron chi connectivity index (χ2n) is 9.22. The van der Waals surface area contributed by atoms with Crippen molar-refractivity contribution in [2.24, 2.45) is 0 Å². The maximum Gasteiger partial charge on any atom is 0.255 e. The van der Waals surface area contributed by atoms with Crippen LogP contribution in [-0.2, 0) is 6.54 Å². The zero-order chi connectivity index (χ0) is 27.0. The highest BCUT2D eigenvalue weighted by atomic mass is 16.5. The van der Waals surface area contributed by atoms with E-state index >= 15 is 0 Å². The second-order valence-corrected chi connectivity index (χ2v) is 9.22. The first kappa shape index (κ1) is 28.7. The number of benzene rings is 2. The first-order valence-corrected chi connectivity index (χ1v) is 13.5. The number of hydrogen-bond acceptors (Lipinski definition) is 5. The maximum absolute atomic E-state index is 12.9. The summed E-state index contributed by atoms with van der Waals surface area (Å²) in [4.78, 5) is 29.8. The van der Waals surface area contributed by atoms with E-state index < -0.39 is 0 Å². The largest absolute Gasteiger partial charge is 0.495 e. The van der Waals surface area contributed by atoms with Crippen molar-refractivity contribution in [2.75, 3.05) is 19.0 Å². The van der Waals surface area contributed by atoms with E-state index in [1.54, 1.807) is 48.7 Å². The molecule has 38 heavy (non-hydrogen) atoms. The molecule has 0 radical (unpaired) electrons. The number of carbonyl (C=O) groups is 2. The minimum Gasteiger partial charge on any atom is -0.495 e. The summed E-state index contributed by atoms with van der Waals surface area (Å²) in [6.07, 6.45) is 11.7. The van der Waals surface area contributed by atoms with Crippen LogP contribution in [0.2, 0.25) is 0 Å². The molecule has 2 aromatic carbocycles. The zero-order valence-electron chi connectivity index (χ0n) is 22.5. The summed E-state index contributed by atoms with van der Waals surface area (Å²) in [6, 6.07) is 17.5. The number of hydrogen-bond donors (Lipinski definition) is 2. The number of pyridine rings is 1. The molecule has 7 heteroatoms. The number of nitrogens with one attached hydrogen (secondary N) is 2. The number of methoxy groups -OCH3 is 1. The molecule has 202 valence electrons. The van der Waals surface area contributed by atoms with E-state index in [0.29, 0.717) is 35.7 Å². The normalized spacial score (nSPS) is 10.6.